The monoisotopic (exact) mass is 472 g/mol. The van der Waals surface area contributed by atoms with Crippen LogP contribution < -0.4 is 15.5 Å². The molecule has 0 spiro atoms. The van der Waals surface area contributed by atoms with Gasteiger partial charge in [-0.15, -0.1) is 0 Å². The normalized spacial score (nSPS) is 13.7. The molecule has 0 bridgehead atoms. The van der Waals surface area contributed by atoms with Gasteiger partial charge in [-0.25, -0.2) is 13.8 Å². The molecule has 4 rings (SSSR count). The molecule has 13 heteroatoms. The molecule has 0 atom stereocenters. The second-order valence-electron chi connectivity index (χ2n) is 7.33. The maximum absolute atomic E-state index is 15.2. The minimum atomic E-state index is -0.732. The van der Waals surface area contributed by atoms with E-state index in [9.17, 15) is 9.18 Å². The van der Waals surface area contributed by atoms with Crippen LogP contribution in [0.4, 0.5) is 31.9 Å². The highest BCUT2D eigenvalue weighted by atomic mass is 19.1. The quantitative estimate of drug-likeness (QED) is 0.345. The molecule has 4 N–H and O–H groups in total. The topological polar surface area (TPSA) is 141 Å². The lowest BCUT2D eigenvalue weighted by molar-refractivity contribution is -0.125. The van der Waals surface area contributed by atoms with Crippen molar-refractivity contribution in [2.24, 2.45) is 0 Å². The van der Waals surface area contributed by atoms with Crippen LogP contribution in [-0.4, -0.2) is 63.3 Å². The maximum Gasteiger partial charge on any atom is 0.253 e. The maximum atomic E-state index is 15.2. The van der Waals surface area contributed by atoms with E-state index in [1.807, 2.05) is 0 Å². The Labute approximate surface area is 192 Å². The Bertz CT molecular complexity index is 1200. The van der Waals surface area contributed by atoms with Crippen LogP contribution in [0.25, 0.3) is 0 Å². The average molecular weight is 472 g/mol. The van der Waals surface area contributed by atoms with E-state index in [-0.39, 0.29) is 55.9 Å². The fraction of sp³-hybridized carbons (Fsp3) is 0.286. The Hall–Kier alpha value is -3.97. The Morgan fingerprint density at radius 3 is 2.91 bits per heavy atom. The van der Waals surface area contributed by atoms with E-state index in [0.29, 0.717) is 17.8 Å². The zero-order valence-electron chi connectivity index (χ0n) is 18.0. The number of hydrogen-bond acceptors (Lipinski definition) is 9. The lowest BCUT2D eigenvalue weighted by Gasteiger charge is -2.27. The number of nitrogens with one attached hydrogen (secondary N) is 3. The molecule has 1 aromatic carbocycles. The van der Waals surface area contributed by atoms with E-state index in [4.69, 9.17) is 15.3 Å². The number of aliphatic hydroxyl groups excluding tert-OH is 1. The number of aliphatic hydroxyl groups is 1. The molecule has 1 fully saturated rings. The summed E-state index contributed by atoms with van der Waals surface area (Å²) in [5.74, 6) is -1.46. The van der Waals surface area contributed by atoms with Gasteiger partial charge in [0, 0.05) is 43.3 Å². The predicted octanol–water partition coefficient (Wildman–Crippen LogP) is 1.66. The molecule has 3 heterocycles. The van der Waals surface area contributed by atoms with Crippen LogP contribution in [-0.2, 0) is 22.6 Å². The van der Waals surface area contributed by atoms with Gasteiger partial charge >= 0.3 is 0 Å². The average Bonchev–Trinajstić information content (AvgIpc) is 3.27. The zero-order valence-corrected chi connectivity index (χ0v) is 18.0. The number of hydrogen-bond donors (Lipinski definition) is 4. The smallest absolute Gasteiger partial charge is 0.253 e. The summed E-state index contributed by atoms with van der Waals surface area (Å²) in [6, 6.07) is 2.02. The van der Waals surface area contributed by atoms with Gasteiger partial charge in [0.1, 0.15) is 18.2 Å². The molecular formula is C21H22F2N8O3. The number of carbonyl (C=O) groups is 1. The van der Waals surface area contributed by atoms with E-state index < -0.39 is 17.5 Å². The van der Waals surface area contributed by atoms with E-state index in [2.05, 4.69) is 25.7 Å². The summed E-state index contributed by atoms with van der Waals surface area (Å²) in [7, 11) is 0. The highest BCUT2D eigenvalue weighted by Crippen LogP contribution is 2.26. The van der Waals surface area contributed by atoms with Crippen molar-refractivity contribution < 1.29 is 23.4 Å². The fourth-order valence-corrected chi connectivity index (χ4v) is 3.39. The first kappa shape index (κ1) is 23.2. The van der Waals surface area contributed by atoms with Crippen molar-refractivity contribution in [1.29, 1.82) is 5.41 Å². The van der Waals surface area contributed by atoms with Gasteiger partial charge in [0.05, 0.1) is 42.9 Å². The number of benzene rings is 1. The second-order valence-corrected chi connectivity index (χ2v) is 7.33. The van der Waals surface area contributed by atoms with Crippen molar-refractivity contribution in [2.45, 2.75) is 13.1 Å². The fourth-order valence-electron chi connectivity index (χ4n) is 3.39. The first-order chi connectivity index (χ1) is 16.5. The minimum Gasteiger partial charge on any atom is -0.394 e. The number of rotatable bonds is 9. The molecular weight excluding hydrogens is 450 g/mol. The van der Waals surface area contributed by atoms with Crippen molar-refractivity contribution in [1.82, 2.24) is 19.7 Å². The molecule has 3 aromatic rings. The van der Waals surface area contributed by atoms with E-state index in [1.54, 1.807) is 6.20 Å². The van der Waals surface area contributed by atoms with Crippen molar-refractivity contribution >= 4 is 35.3 Å². The van der Waals surface area contributed by atoms with Crippen LogP contribution in [0.3, 0.4) is 0 Å². The van der Waals surface area contributed by atoms with Gasteiger partial charge in [-0.05, 0) is 6.07 Å². The number of nitrogens with zero attached hydrogens (tertiary/aromatic N) is 5. The first-order valence-corrected chi connectivity index (χ1v) is 10.4. The van der Waals surface area contributed by atoms with Crippen molar-refractivity contribution in [3.63, 3.8) is 0 Å². The standard InChI is InChI=1S/C21H22F2N8O3/c22-15-5-13(19(23)17(6-15)31-2-4-34-12-18(31)33)8-25-20-14(7-24)9-26-21(29-20)28-16-10-27-30(11-16)1-3-32/h5-7,9-11,24,32H,1-4,8,12H2,(H2,25,26,28,29). The summed E-state index contributed by atoms with van der Waals surface area (Å²) in [5.41, 5.74) is 0.755. The van der Waals surface area contributed by atoms with Gasteiger partial charge in [-0.3, -0.25) is 9.48 Å². The zero-order chi connectivity index (χ0) is 24.1. The largest absolute Gasteiger partial charge is 0.394 e. The van der Waals surface area contributed by atoms with E-state index in [0.717, 1.165) is 23.2 Å². The van der Waals surface area contributed by atoms with Gasteiger partial charge in [0.2, 0.25) is 5.95 Å². The molecule has 0 saturated carbocycles. The Kier molecular flexibility index (Phi) is 7.04. The SMILES string of the molecule is N=Cc1cnc(Nc2cnn(CCO)c2)nc1NCc1cc(F)cc(N2CCOCC2=O)c1F. The predicted molar refractivity (Wildman–Crippen MR) is 119 cm³/mol. The van der Waals surface area contributed by atoms with E-state index in [1.165, 1.54) is 17.1 Å². The highest BCUT2D eigenvalue weighted by molar-refractivity contribution is 5.95. The molecule has 2 aromatic heterocycles. The molecule has 1 aliphatic heterocycles. The number of amides is 1. The summed E-state index contributed by atoms with van der Waals surface area (Å²) < 4.78 is 36.0. The molecule has 1 saturated heterocycles. The van der Waals surface area contributed by atoms with Crippen molar-refractivity contribution in [3.05, 3.63) is 53.5 Å². The Balaban J connectivity index is 1.54. The van der Waals surface area contributed by atoms with Crippen LogP contribution in [0.2, 0.25) is 0 Å². The first-order valence-electron chi connectivity index (χ1n) is 10.4. The van der Waals surface area contributed by atoms with Crippen LogP contribution >= 0.6 is 0 Å². The summed E-state index contributed by atoms with van der Waals surface area (Å²) >= 11 is 0. The lowest BCUT2D eigenvalue weighted by atomic mass is 10.1. The van der Waals surface area contributed by atoms with Gasteiger partial charge in [-0.1, -0.05) is 0 Å². The molecule has 1 amide bonds. The molecule has 34 heavy (non-hydrogen) atoms. The third kappa shape index (κ3) is 5.15. The molecule has 0 aliphatic carbocycles. The van der Waals surface area contributed by atoms with Crippen LogP contribution in [0.1, 0.15) is 11.1 Å². The molecule has 0 radical (unpaired) electrons. The van der Waals surface area contributed by atoms with Gasteiger partial charge in [0.25, 0.3) is 5.91 Å². The molecule has 11 nitrogen and oxygen atoms in total. The van der Waals surface area contributed by atoms with Crippen molar-refractivity contribution in [3.8, 4) is 0 Å². The number of anilines is 4. The van der Waals surface area contributed by atoms with Gasteiger partial charge in [-0.2, -0.15) is 10.1 Å². The molecule has 1 aliphatic rings. The van der Waals surface area contributed by atoms with Crippen LogP contribution in [0, 0.1) is 17.0 Å². The number of aromatic nitrogens is 4. The van der Waals surface area contributed by atoms with Gasteiger partial charge in [0.15, 0.2) is 5.82 Å². The Morgan fingerprint density at radius 1 is 1.29 bits per heavy atom. The highest BCUT2D eigenvalue weighted by Gasteiger charge is 2.25. The third-order valence-electron chi connectivity index (χ3n) is 5.01. The molecule has 0 unspecified atom stereocenters. The number of halogens is 2. The Morgan fingerprint density at radius 2 is 2.15 bits per heavy atom. The summed E-state index contributed by atoms with van der Waals surface area (Å²) in [4.78, 5) is 21.7. The molecule has 178 valence electrons. The summed E-state index contributed by atoms with van der Waals surface area (Å²) in [6.45, 7) is 0.285. The third-order valence-corrected chi connectivity index (χ3v) is 5.01. The number of ether oxygens (including phenoxy) is 1. The van der Waals surface area contributed by atoms with E-state index >= 15 is 4.39 Å². The van der Waals surface area contributed by atoms with Crippen LogP contribution in [0.15, 0.2) is 30.7 Å². The lowest BCUT2D eigenvalue weighted by Crippen LogP contribution is -2.42. The number of carbonyl (C=O) groups excluding carboxylic acids is 1. The second kappa shape index (κ2) is 10.3. The summed E-state index contributed by atoms with van der Waals surface area (Å²) in [5, 5.41) is 26.5. The van der Waals surface area contributed by atoms with Crippen molar-refractivity contribution in [2.75, 3.05) is 41.9 Å². The minimum absolute atomic E-state index is 0.0105. The van der Waals surface area contributed by atoms with Gasteiger partial charge < -0.3 is 30.8 Å². The number of morpholine rings is 1. The summed E-state index contributed by atoms with van der Waals surface area (Å²) in [6.07, 6.45) is 5.63. The van der Waals surface area contributed by atoms with Crippen LogP contribution in [0.5, 0.6) is 0 Å².